The highest BCUT2D eigenvalue weighted by Crippen LogP contribution is 2.30. The van der Waals surface area contributed by atoms with Gasteiger partial charge in [0.1, 0.15) is 11.6 Å². The van der Waals surface area contributed by atoms with Crippen molar-refractivity contribution in [1.29, 1.82) is 0 Å². The summed E-state index contributed by atoms with van der Waals surface area (Å²) in [6.07, 6.45) is 9.81. The highest BCUT2D eigenvalue weighted by molar-refractivity contribution is 5.92. The SMILES string of the molecule is CCCCC(CC)NC1(C(=O)N[C@H](Cc2cnc[nH]2)C(N)=O)CCc2ccccc2C1. The zero-order valence-electron chi connectivity index (χ0n) is 18.6. The van der Waals surface area contributed by atoms with Crippen LogP contribution in [0.2, 0.25) is 0 Å². The number of hydrogen-bond donors (Lipinski definition) is 4. The molecule has 0 saturated carbocycles. The van der Waals surface area contributed by atoms with E-state index in [0.29, 0.717) is 19.3 Å². The number of imidazole rings is 1. The van der Waals surface area contributed by atoms with Gasteiger partial charge in [0, 0.05) is 24.4 Å². The number of nitrogens with two attached hydrogens (primary N) is 1. The Morgan fingerprint density at radius 3 is 2.68 bits per heavy atom. The van der Waals surface area contributed by atoms with Crippen LogP contribution in [0.25, 0.3) is 0 Å². The number of fused-ring (bicyclic) bond motifs is 1. The Bertz CT molecular complexity index is 867. The smallest absolute Gasteiger partial charge is 0.241 e. The first-order valence-corrected chi connectivity index (χ1v) is 11.4. The van der Waals surface area contributed by atoms with Gasteiger partial charge in [-0.15, -0.1) is 0 Å². The Balaban J connectivity index is 1.84. The molecule has 1 aliphatic carbocycles. The van der Waals surface area contributed by atoms with Crippen molar-refractivity contribution in [2.75, 3.05) is 0 Å². The van der Waals surface area contributed by atoms with Crippen LogP contribution in [0.4, 0.5) is 0 Å². The van der Waals surface area contributed by atoms with Crippen LogP contribution in [-0.4, -0.2) is 39.4 Å². The summed E-state index contributed by atoms with van der Waals surface area (Å²) in [6, 6.07) is 7.75. The molecule has 2 aromatic rings. The van der Waals surface area contributed by atoms with Crippen molar-refractivity contribution >= 4 is 11.8 Å². The Labute approximate surface area is 184 Å². The van der Waals surface area contributed by atoms with E-state index in [1.54, 1.807) is 12.5 Å². The molecule has 0 bridgehead atoms. The topological polar surface area (TPSA) is 113 Å². The molecule has 31 heavy (non-hydrogen) atoms. The number of aromatic nitrogens is 2. The second-order valence-corrected chi connectivity index (χ2v) is 8.63. The van der Waals surface area contributed by atoms with E-state index in [0.717, 1.165) is 37.8 Å². The number of carbonyl (C=O) groups is 2. The number of aryl methyl sites for hydroxylation is 1. The summed E-state index contributed by atoms with van der Waals surface area (Å²) < 4.78 is 0. The van der Waals surface area contributed by atoms with Crippen LogP contribution < -0.4 is 16.4 Å². The molecule has 0 radical (unpaired) electrons. The predicted molar refractivity (Wildman–Crippen MR) is 121 cm³/mol. The third-order valence-corrected chi connectivity index (χ3v) is 6.37. The first kappa shape index (κ1) is 23.0. The van der Waals surface area contributed by atoms with Crippen molar-refractivity contribution < 1.29 is 9.59 Å². The fraction of sp³-hybridized carbons (Fsp3) is 0.542. The number of H-pyrrole nitrogens is 1. The molecule has 2 amide bonds. The zero-order valence-corrected chi connectivity index (χ0v) is 18.6. The van der Waals surface area contributed by atoms with Crippen LogP contribution in [-0.2, 0) is 28.9 Å². The van der Waals surface area contributed by atoms with E-state index in [9.17, 15) is 9.59 Å². The number of amides is 2. The number of nitrogens with zero attached hydrogens (tertiary/aromatic N) is 1. The molecule has 1 heterocycles. The van der Waals surface area contributed by atoms with Gasteiger partial charge in [-0.25, -0.2) is 4.98 Å². The number of aromatic amines is 1. The Kier molecular flexibility index (Phi) is 7.85. The Hall–Kier alpha value is -2.67. The zero-order chi connectivity index (χ0) is 22.3. The summed E-state index contributed by atoms with van der Waals surface area (Å²) >= 11 is 0. The van der Waals surface area contributed by atoms with Crippen LogP contribution in [0.1, 0.15) is 62.8 Å². The monoisotopic (exact) mass is 425 g/mol. The molecule has 3 rings (SSSR count). The molecule has 0 fully saturated rings. The second-order valence-electron chi connectivity index (χ2n) is 8.63. The van der Waals surface area contributed by atoms with Gasteiger partial charge in [0.05, 0.1) is 6.33 Å². The Morgan fingerprint density at radius 1 is 1.26 bits per heavy atom. The molecule has 0 spiro atoms. The molecule has 168 valence electrons. The molecule has 5 N–H and O–H groups in total. The lowest BCUT2D eigenvalue weighted by Crippen LogP contribution is -2.64. The minimum atomic E-state index is -0.792. The molecular formula is C24H35N5O2. The fourth-order valence-electron chi connectivity index (χ4n) is 4.47. The average molecular weight is 426 g/mol. The number of rotatable bonds is 11. The maximum atomic E-state index is 13.7. The highest BCUT2D eigenvalue weighted by atomic mass is 16.2. The van der Waals surface area contributed by atoms with Gasteiger partial charge in [0.15, 0.2) is 0 Å². The van der Waals surface area contributed by atoms with E-state index in [4.69, 9.17) is 5.73 Å². The summed E-state index contributed by atoms with van der Waals surface area (Å²) in [5.74, 6) is -0.701. The predicted octanol–water partition coefficient (Wildman–Crippen LogP) is 2.41. The van der Waals surface area contributed by atoms with E-state index >= 15 is 0 Å². The first-order chi connectivity index (χ1) is 15.0. The second kappa shape index (κ2) is 10.6. The van der Waals surface area contributed by atoms with Gasteiger partial charge in [-0.05, 0) is 43.2 Å². The molecule has 7 nitrogen and oxygen atoms in total. The van der Waals surface area contributed by atoms with Gasteiger partial charge in [-0.3, -0.25) is 9.59 Å². The highest BCUT2D eigenvalue weighted by Gasteiger charge is 2.43. The van der Waals surface area contributed by atoms with Crippen LogP contribution >= 0.6 is 0 Å². The third kappa shape index (κ3) is 5.73. The van der Waals surface area contributed by atoms with E-state index in [2.05, 4.69) is 46.6 Å². The molecule has 7 heteroatoms. The molecule has 0 aliphatic heterocycles. The molecule has 1 aromatic carbocycles. The van der Waals surface area contributed by atoms with E-state index in [-0.39, 0.29) is 11.9 Å². The Morgan fingerprint density at radius 2 is 2.03 bits per heavy atom. The molecule has 1 aromatic heterocycles. The minimum Gasteiger partial charge on any atom is -0.368 e. The largest absolute Gasteiger partial charge is 0.368 e. The number of unbranched alkanes of at least 4 members (excludes halogenated alkanes) is 1. The molecular weight excluding hydrogens is 390 g/mol. The van der Waals surface area contributed by atoms with Crippen molar-refractivity contribution in [2.24, 2.45) is 5.73 Å². The lowest BCUT2D eigenvalue weighted by atomic mass is 9.76. The van der Waals surface area contributed by atoms with Gasteiger partial charge in [-0.1, -0.05) is 51.0 Å². The third-order valence-electron chi connectivity index (χ3n) is 6.37. The maximum Gasteiger partial charge on any atom is 0.241 e. The number of primary amides is 1. The quantitative estimate of drug-likeness (QED) is 0.443. The molecule has 0 saturated heterocycles. The van der Waals surface area contributed by atoms with Gasteiger partial charge in [0.25, 0.3) is 0 Å². The van der Waals surface area contributed by atoms with Crippen molar-refractivity contribution in [2.45, 2.75) is 82.8 Å². The number of hydrogen-bond acceptors (Lipinski definition) is 4. The van der Waals surface area contributed by atoms with E-state index in [1.165, 1.54) is 11.1 Å². The summed E-state index contributed by atoms with van der Waals surface area (Å²) in [6.45, 7) is 4.33. The number of benzene rings is 1. The lowest BCUT2D eigenvalue weighted by molar-refractivity contribution is -0.132. The minimum absolute atomic E-state index is 0.153. The van der Waals surface area contributed by atoms with Crippen LogP contribution in [0.3, 0.4) is 0 Å². The number of nitrogens with one attached hydrogen (secondary N) is 3. The van der Waals surface area contributed by atoms with Gasteiger partial charge < -0.3 is 21.4 Å². The van der Waals surface area contributed by atoms with Crippen LogP contribution in [0, 0.1) is 0 Å². The summed E-state index contributed by atoms with van der Waals surface area (Å²) in [5, 5.41) is 6.67. The summed E-state index contributed by atoms with van der Waals surface area (Å²) in [7, 11) is 0. The van der Waals surface area contributed by atoms with Crippen molar-refractivity contribution in [3.63, 3.8) is 0 Å². The molecule has 3 atom stereocenters. The van der Waals surface area contributed by atoms with Gasteiger partial charge in [0.2, 0.25) is 11.8 Å². The van der Waals surface area contributed by atoms with Crippen LogP contribution in [0.5, 0.6) is 0 Å². The standard InChI is InChI=1S/C24H35N5O2/c1-3-5-10-19(4-2)29-24(12-11-17-8-6-7-9-18(17)14-24)23(31)28-21(22(25)30)13-20-15-26-16-27-20/h6-9,15-16,19,21,29H,3-5,10-14H2,1-2H3,(H2,25,30)(H,26,27)(H,28,31)/t19?,21-,24?/m1/s1. The van der Waals surface area contributed by atoms with Crippen molar-refractivity contribution in [3.8, 4) is 0 Å². The van der Waals surface area contributed by atoms with Gasteiger partial charge in [-0.2, -0.15) is 0 Å². The molecule has 2 unspecified atom stereocenters. The maximum absolute atomic E-state index is 13.7. The van der Waals surface area contributed by atoms with Crippen molar-refractivity contribution in [1.82, 2.24) is 20.6 Å². The van der Waals surface area contributed by atoms with Gasteiger partial charge >= 0.3 is 0 Å². The van der Waals surface area contributed by atoms with E-state index < -0.39 is 17.5 Å². The lowest BCUT2D eigenvalue weighted by Gasteiger charge is -2.41. The number of carbonyl (C=O) groups excluding carboxylic acids is 2. The van der Waals surface area contributed by atoms with E-state index in [1.807, 2.05) is 12.1 Å². The van der Waals surface area contributed by atoms with Crippen LogP contribution in [0.15, 0.2) is 36.8 Å². The average Bonchev–Trinajstić information content (AvgIpc) is 3.29. The normalized spacial score (nSPS) is 19.9. The summed E-state index contributed by atoms with van der Waals surface area (Å²) in [5.41, 5.74) is 8.11. The summed E-state index contributed by atoms with van der Waals surface area (Å²) in [4.78, 5) is 32.8. The fourth-order valence-corrected chi connectivity index (χ4v) is 4.47. The van der Waals surface area contributed by atoms with Crippen molar-refractivity contribution in [3.05, 3.63) is 53.6 Å². The molecule has 1 aliphatic rings. The first-order valence-electron chi connectivity index (χ1n) is 11.4.